The summed E-state index contributed by atoms with van der Waals surface area (Å²) < 4.78 is 21.3. The monoisotopic (exact) mass is 288 g/mol. The first-order valence-electron chi connectivity index (χ1n) is 6.51. The molecule has 6 heteroatoms. The number of hydrogen-bond donors (Lipinski definition) is 1. The van der Waals surface area contributed by atoms with E-state index in [0.717, 1.165) is 11.3 Å². The molecule has 0 aliphatic carbocycles. The molecule has 0 unspecified atom stereocenters. The molecule has 110 valence electrons. The van der Waals surface area contributed by atoms with Gasteiger partial charge in [-0.25, -0.2) is 4.98 Å². The largest absolute Gasteiger partial charge is 0.493 e. The standard InChI is InChI=1S/C15H16N2O4/c1-18-12-6-10(7-13-14(12)21-9-20-13)8-17-11-4-3-5-16-15(11)19-2/h3-7,17H,8-9H2,1-2H3. The summed E-state index contributed by atoms with van der Waals surface area (Å²) in [6, 6.07) is 7.62. The van der Waals surface area contributed by atoms with Crippen molar-refractivity contribution in [1.29, 1.82) is 0 Å². The first kappa shape index (κ1) is 13.4. The van der Waals surface area contributed by atoms with Crippen LogP contribution in [0.3, 0.4) is 0 Å². The van der Waals surface area contributed by atoms with Crippen LogP contribution in [0.5, 0.6) is 23.1 Å². The van der Waals surface area contributed by atoms with Crippen LogP contribution in [0.1, 0.15) is 5.56 Å². The van der Waals surface area contributed by atoms with Gasteiger partial charge in [-0.05, 0) is 29.8 Å². The van der Waals surface area contributed by atoms with Gasteiger partial charge in [0.05, 0.1) is 19.9 Å². The van der Waals surface area contributed by atoms with Gasteiger partial charge in [0.15, 0.2) is 11.5 Å². The maximum Gasteiger partial charge on any atom is 0.237 e. The number of nitrogens with zero attached hydrogens (tertiary/aromatic N) is 1. The zero-order valence-electron chi connectivity index (χ0n) is 11.9. The van der Waals surface area contributed by atoms with Gasteiger partial charge in [-0.1, -0.05) is 0 Å². The Kier molecular flexibility index (Phi) is 3.68. The summed E-state index contributed by atoms with van der Waals surface area (Å²) >= 11 is 0. The van der Waals surface area contributed by atoms with Gasteiger partial charge in [0.1, 0.15) is 0 Å². The average Bonchev–Trinajstić information content (AvgIpc) is 3.00. The number of pyridine rings is 1. The Morgan fingerprint density at radius 2 is 2.14 bits per heavy atom. The maximum atomic E-state index is 5.41. The highest BCUT2D eigenvalue weighted by Crippen LogP contribution is 2.41. The summed E-state index contributed by atoms with van der Waals surface area (Å²) in [5.41, 5.74) is 1.85. The molecule has 0 bridgehead atoms. The predicted octanol–water partition coefficient (Wildman–Crippen LogP) is 2.44. The van der Waals surface area contributed by atoms with Crippen LogP contribution < -0.4 is 24.3 Å². The first-order chi connectivity index (χ1) is 10.3. The summed E-state index contributed by atoms with van der Waals surface area (Å²) in [6.07, 6.45) is 1.69. The van der Waals surface area contributed by atoms with E-state index in [4.69, 9.17) is 18.9 Å². The van der Waals surface area contributed by atoms with Gasteiger partial charge in [-0.2, -0.15) is 0 Å². The van der Waals surface area contributed by atoms with E-state index in [9.17, 15) is 0 Å². The minimum atomic E-state index is 0.221. The van der Waals surface area contributed by atoms with Crippen molar-refractivity contribution in [3.05, 3.63) is 36.0 Å². The summed E-state index contributed by atoms with van der Waals surface area (Å²) in [5.74, 6) is 2.58. The van der Waals surface area contributed by atoms with Gasteiger partial charge >= 0.3 is 0 Å². The van der Waals surface area contributed by atoms with Crippen LogP contribution in [0.2, 0.25) is 0 Å². The van der Waals surface area contributed by atoms with Gasteiger partial charge in [-0.3, -0.25) is 0 Å². The SMILES string of the molecule is COc1cc(CNc2cccnc2OC)cc2c1OCO2. The Morgan fingerprint density at radius 1 is 1.24 bits per heavy atom. The lowest BCUT2D eigenvalue weighted by molar-refractivity contribution is 0.171. The van der Waals surface area contributed by atoms with Crippen LogP contribution in [-0.2, 0) is 6.54 Å². The number of benzene rings is 1. The fourth-order valence-electron chi connectivity index (χ4n) is 2.17. The first-order valence-corrected chi connectivity index (χ1v) is 6.51. The number of ether oxygens (including phenoxy) is 4. The molecule has 0 saturated heterocycles. The molecule has 2 heterocycles. The normalized spacial score (nSPS) is 12.1. The number of methoxy groups -OCH3 is 2. The Bertz CT molecular complexity index is 646. The lowest BCUT2D eigenvalue weighted by Gasteiger charge is -2.11. The molecule has 3 rings (SSSR count). The molecule has 0 amide bonds. The lowest BCUT2D eigenvalue weighted by Crippen LogP contribution is -2.02. The Labute approximate surface area is 122 Å². The van der Waals surface area contributed by atoms with Gasteiger partial charge in [0.25, 0.3) is 0 Å². The van der Waals surface area contributed by atoms with Gasteiger partial charge < -0.3 is 24.3 Å². The molecule has 0 spiro atoms. The number of anilines is 1. The number of fused-ring (bicyclic) bond motifs is 1. The van der Waals surface area contributed by atoms with E-state index in [0.29, 0.717) is 29.7 Å². The second kappa shape index (κ2) is 5.78. The van der Waals surface area contributed by atoms with Crippen LogP contribution in [0, 0.1) is 0 Å². The zero-order chi connectivity index (χ0) is 14.7. The van der Waals surface area contributed by atoms with Crippen molar-refractivity contribution >= 4 is 5.69 Å². The minimum absolute atomic E-state index is 0.221. The molecule has 1 aliphatic heterocycles. The van der Waals surface area contributed by atoms with E-state index in [2.05, 4.69) is 10.3 Å². The van der Waals surface area contributed by atoms with Gasteiger partial charge in [0, 0.05) is 12.7 Å². The summed E-state index contributed by atoms with van der Waals surface area (Å²) in [4.78, 5) is 4.15. The van der Waals surface area contributed by atoms with Crippen molar-refractivity contribution in [2.75, 3.05) is 26.3 Å². The van der Waals surface area contributed by atoms with Crippen molar-refractivity contribution < 1.29 is 18.9 Å². The third kappa shape index (κ3) is 2.65. The lowest BCUT2D eigenvalue weighted by atomic mass is 10.2. The highest BCUT2D eigenvalue weighted by Gasteiger charge is 2.20. The van der Waals surface area contributed by atoms with E-state index in [1.54, 1.807) is 20.4 Å². The second-order valence-corrected chi connectivity index (χ2v) is 4.45. The molecule has 1 aromatic heterocycles. The third-order valence-corrected chi connectivity index (χ3v) is 3.17. The van der Waals surface area contributed by atoms with E-state index in [1.165, 1.54) is 0 Å². The summed E-state index contributed by atoms with van der Waals surface area (Å²) in [5, 5.41) is 3.28. The van der Waals surface area contributed by atoms with Crippen LogP contribution in [0.4, 0.5) is 5.69 Å². The summed E-state index contributed by atoms with van der Waals surface area (Å²) in [7, 11) is 3.20. The Balaban J connectivity index is 1.79. The fraction of sp³-hybridized carbons (Fsp3) is 0.267. The molecule has 1 N–H and O–H groups in total. The Morgan fingerprint density at radius 3 is 2.95 bits per heavy atom. The maximum absolute atomic E-state index is 5.41. The number of hydrogen-bond acceptors (Lipinski definition) is 6. The number of nitrogens with one attached hydrogen (secondary N) is 1. The molecular formula is C15H16N2O4. The average molecular weight is 288 g/mol. The second-order valence-electron chi connectivity index (χ2n) is 4.45. The topological polar surface area (TPSA) is 61.8 Å². The third-order valence-electron chi connectivity index (χ3n) is 3.17. The molecule has 0 radical (unpaired) electrons. The van der Waals surface area contributed by atoms with Crippen molar-refractivity contribution in [2.45, 2.75) is 6.54 Å². The molecule has 0 fully saturated rings. The predicted molar refractivity (Wildman–Crippen MR) is 77.2 cm³/mol. The fourth-order valence-corrected chi connectivity index (χ4v) is 2.17. The van der Waals surface area contributed by atoms with Crippen LogP contribution >= 0.6 is 0 Å². The molecule has 6 nitrogen and oxygen atoms in total. The minimum Gasteiger partial charge on any atom is -0.493 e. The van der Waals surface area contributed by atoms with E-state index in [-0.39, 0.29) is 6.79 Å². The van der Waals surface area contributed by atoms with Gasteiger partial charge in [-0.15, -0.1) is 0 Å². The van der Waals surface area contributed by atoms with Crippen molar-refractivity contribution in [1.82, 2.24) is 4.98 Å². The molecule has 21 heavy (non-hydrogen) atoms. The molecule has 0 saturated carbocycles. The molecular weight excluding hydrogens is 272 g/mol. The number of aromatic nitrogens is 1. The van der Waals surface area contributed by atoms with Crippen LogP contribution in [-0.4, -0.2) is 26.0 Å². The highest BCUT2D eigenvalue weighted by atomic mass is 16.7. The van der Waals surface area contributed by atoms with E-state index in [1.807, 2.05) is 24.3 Å². The van der Waals surface area contributed by atoms with Crippen molar-refractivity contribution in [3.8, 4) is 23.1 Å². The highest BCUT2D eigenvalue weighted by molar-refractivity contribution is 5.57. The molecule has 1 aromatic carbocycles. The van der Waals surface area contributed by atoms with Crippen molar-refractivity contribution in [2.24, 2.45) is 0 Å². The van der Waals surface area contributed by atoms with E-state index < -0.39 is 0 Å². The molecule has 0 atom stereocenters. The van der Waals surface area contributed by atoms with Crippen LogP contribution in [0.15, 0.2) is 30.5 Å². The molecule has 1 aliphatic rings. The van der Waals surface area contributed by atoms with Crippen molar-refractivity contribution in [3.63, 3.8) is 0 Å². The molecule has 2 aromatic rings. The zero-order valence-corrected chi connectivity index (χ0v) is 11.9. The smallest absolute Gasteiger partial charge is 0.237 e. The quantitative estimate of drug-likeness (QED) is 0.911. The Hall–Kier alpha value is -2.63. The van der Waals surface area contributed by atoms with Crippen LogP contribution in [0.25, 0.3) is 0 Å². The summed E-state index contributed by atoms with van der Waals surface area (Å²) in [6.45, 7) is 0.814. The van der Waals surface area contributed by atoms with Gasteiger partial charge in [0.2, 0.25) is 18.4 Å². The van der Waals surface area contributed by atoms with E-state index >= 15 is 0 Å². The number of rotatable bonds is 5.